The number of nitrogen functional groups attached to an aromatic ring is 1. The molecule has 1 heterocycles. The van der Waals surface area contributed by atoms with Crippen LogP contribution in [0, 0.1) is 0 Å². The van der Waals surface area contributed by atoms with Crippen LogP contribution in [0.15, 0.2) is 18.3 Å². The Kier molecular flexibility index (Phi) is 2.20. The number of nitrogens with zero attached hydrogens (tertiary/aromatic N) is 1. The molecule has 5 heteroatoms. The standard InChI is InChI=1S/C8H11N3O2/c1-8(10,7(12)13)6-3-2-5(9)4-11-6/h2-4H,9-10H2,1H3,(H,12,13). The molecule has 1 atom stereocenters. The third-order valence-corrected chi connectivity index (χ3v) is 1.76. The van der Waals surface area contributed by atoms with Gasteiger partial charge in [0, 0.05) is 0 Å². The van der Waals surface area contributed by atoms with E-state index >= 15 is 0 Å². The first-order valence-corrected chi connectivity index (χ1v) is 3.69. The molecule has 0 saturated carbocycles. The predicted molar refractivity (Wildman–Crippen MR) is 47.8 cm³/mol. The second-order valence-corrected chi connectivity index (χ2v) is 2.98. The molecule has 5 nitrogen and oxygen atoms in total. The summed E-state index contributed by atoms with van der Waals surface area (Å²) in [5, 5.41) is 8.77. The van der Waals surface area contributed by atoms with Gasteiger partial charge in [-0.2, -0.15) is 0 Å². The fourth-order valence-corrected chi connectivity index (χ4v) is 0.822. The number of aliphatic carboxylic acids is 1. The van der Waals surface area contributed by atoms with Crippen molar-refractivity contribution in [3.63, 3.8) is 0 Å². The van der Waals surface area contributed by atoms with Crippen LogP contribution in [-0.2, 0) is 10.3 Å². The molecule has 0 spiro atoms. The number of pyridine rings is 1. The van der Waals surface area contributed by atoms with Crippen LogP contribution in [0.1, 0.15) is 12.6 Å². The highest BCUT2D eigenvalue weighted by Gasteiger charge is 2.31. The summed E-state index contributed by atoms with van der Waals surface area (Å²) in [6, 6.07) is 3.07. The van der Waals surface area contributed by atoms with Gasteiger partial charge < -0.3 is 16.6 Å². The third kappa shape index (κ3) is 1.75. The van der Waals surface area contributed by atoms with E-state index in [9.17, 15) is 4.79 Å². The number of hydrogen-bond acceptors (Lipinski definition) is 4. The fourth-order valence-electron chi connectivity index (χ4n) is 0.822. The fraction of sp³-hybridized carbons (Fsp3) is 0.250. The molecule has 5 N–H and O–H groups in total. The van der Waals surface area contributed by atoms with Crippen LogP contribution >= 0.6 is 0 Å². The number of carbonyl (C=O) groups is 1. The van der Waals surface area contributed by atoms with Gasteiger partial charge in [0.2, 0.25) is 0 Å². The van der Waals surface area contributed by atoms with Crippen LogP contribution in [0.5, 0.6) is 0 Å². The van der Waals surface area contributed by atoms with E-state index in [1.165, 1.54) is 19.2 Å². The second kappa shape index (κ2) is 3.02. The molecule has 0 amide bonds. The summed E-state index contributed by atoms with van der Waals surface area (Å²) < 4.78 is 0. The van der Waals surface area contributed by atoms with Gasteiger partial charge in [-0.15, -0.1) is 0 Å². The molecule has 0 bridgehead atoms. The molecule has 1 aromatic rings. The summed E-state index contributed by atoms with van der Waals surface area (Å²) in [5.41, 5.74) is 10.2. The Morgan fingerprint density at radius 3 is 2.62 bits per heavy atom. The Labute approximate surface area is 75.4 Å². The van der Waals surface area contributed by atoms with E-state index in [0.29, 0.717) is 5.69 Å². The van der Waals surface area contributed by atoms with Gasteiger partial charge >= 0.3 is 5.97 Å². The summed E-state index contributed by atoms with van der Waals surface area (Å²) in [6.45, 7) is 1.38. The quantitative estimate of drug-likeness (QED) is 0.592. The molecule has 0 fully saturated rings. The van der Waals surface area contributed by atoms with Crippen molar-refractivity contribution >= 4 is 11.7 Å². The number of carboxylic acid groups (broad SMARTS) is 1. The highest BCUT2D eigenvalue weighted by Crippen LogP contribution is 2.15. The van der Waals surface area contributed by atoms with E-state index in [1.54, 1.807) is 6.07 Å². The largest absolute Gasteiger partial charge is 0.480 e. The molecule has 0 aliphatic heterocycles. The third-order valence-electron chi connectivity index (χ3n) is 1.76. The lowest BCUT2D eigenvalue weighted by Crippen LogP contribution is -2.42. The molecular weight excluding hydrogens is 170 g/mol. The van der Waals surface area contributed by atoms with Crippen molar-refractivity contribution in [2.24, 2.45) is 5.73 Å². The topological polar surface area (TPSA) is 102 Å². The maximum atomic E-state index is 10.7. The molecule has 1 aromatic heterocycles. The first-order valence-electron chi connectivity index (χ1n) is 3.69. The van der Waals surface area contributed by atoms with Crippen molar-refractivity contribution in [3.05, 3.63) is 24.0 Å². The van der Waals surface area contributed by atoms with E-state index in [2.05, 4.69) is 4.98 Å². The van der Waals surface area contributed by atoms with Gasteiger partial charge in [0.05, 0.1) is 17.6 Å². The zero-order valence-corrected chi connectivity index (χ0v) is 7.19. The highest BCUT2D eigenvalue weighted by atomic mass is 16.4. The maximum Gasteiger partial charge on any atom is 0.329 e. The summed E-state index contributed by atoms with van der Waals surface area (Å²) in [6.07, 6.45) is 1.38. The van der Waals surface area contributed by atoms with Gasteiger partial charge in [-0.1, -0.05) is 0 Å². The minimum absolute atomic E-state index is 0.286. The van der Waals surface area contributed by atoms with Crippen molar-refractivity contribution in [2.75, 3.05) is 5.73 Å². The van der Waals surface area contributed by atoms with Crippen molar-refractivity contribution in [1.29, 1.82) is 0 Å². The van der Waals surface area contributed by atoms with Gasteiger partial charge in [-0.3, -0.25) is 4.98 Å². The average Bonchev–Trinajstić information content (AvgIpc) is 2.04. The van der Waals surface area contributed by atoms with Crippen molar-refractivity contribution < 1.29 is 9.90 Å². The van der Waals surface area contributed by atoms with Gasteiger partial charge in [0.1, 0.15) is 0 Å². The Bertz CT molecular complexity index is 319. The summed E-state index contributed by atoms with van der Waals surface area (Å²) >= 11 is 0. The second-order valence-electron chi connectivity index (χ2n) is 2.98. The number of anilines is 1. The van der Waals surface area contributed by atoms with Crippen molar-refractivity contribution in [1.82, 2.24) is 4.98 Å². The number of aromatic nitrogens is 1. The SMILES string of the molecule is CC(N)(C(=O)O)c1ccc(N)cn1. The van der Waals surface area contributed by atoms with Crippen LogP contribution in [0.4, 0.5) is 5.69 Å². The minimum atomic E-state index is -1.46. The molecule has 0 saturated heterocycles. The zero-order valence-electron chi connectivity index (χ0n) is 7.19. The Hall–Kier alpha value is -1.62. The molecule has 1 unspecified atom stereocenters. The molecular formula is C8H11N3O2. The van der Waals surface area contributed by atoms with Gasteiger partial charge in [-0.05, 0) is 19.1 Å². The van der Waals surface area contributed by atoms with Crippen molar-refractivity contribution in [3.8, 4) is 0 Å². The summed E-state index contributed by atoms with van der Waals surface area (Å²) in [5.74, 6) is -1.12. The first-order chi connectivity index (χ1) is 5.94. The van der Waals surface area contributed by atoms with E-state index in [4.69, 9.17) is 16.6 Å². The van der Waals surface area contributed by atoms with E-state index in [-0.39, 0.29) is 5.69 Å². The molecule has 70 valence electrons. The zero-order chi connectivity index (χ0) is 10.1. The predicted octanol–water partition coefficient (Wildman–Crippen LogP) is -0.0777. The Morgan fingerprint density at radius 1 is 1.62 bits per heavy atom. The molecule has 0 aliphatic carbocycles. The molecule has 1 rings (SSSR count). The first kappa shape index (κ1) is 9.47. The lowest BCUT2D eigenvalue weighted by atomic mass is 9.99. The smallest absolute Gasteiger partial charge is 0.329 e. The summed E-state index contributed by atoms with van der Waals surface area (Å²) in [7, 11) is 0. The highest BCUT2D eigenvalue weighted by molar-refractivity contribution is 5.79. The van der Waals surface area contributed by atoms with Crippen molar-refractivity contribution in [2.45, 2.75) is 12.5 Å². The number of hydrogen-bond donors (Lipinski definition) is 3. The minimum Gasteiger partial charge on any atom is -0.480 e. The van der Waals surface area contributed by atoms with Gasteiger partial charge in [0.15, 0.2) is 5.54 Å². The van der Waals surface area contributed by atoms with Gasteiger partial charge in [-0.25, -0.2) is 4.79 Å². The normalized spacial score (nSPS) is 14.9. The van der Waals surface area contributed by atoms with E-state index in [0.717, 1.165) is 0 Å². The lowest BCUT2D eigenvalue weighted by molar-refractivity contribution is -0.143. The molecule has 0 aromatic carbocycles. The van der Waals surface area contributed by atoms with Crippen LogP contribution in [0.2, 0.25) is 0 Å². The van der Waals surface area contributed by atoms with Crippen LogP contribution in [0.25, 0.3) is 0 Å². The Morgan fingerprint density at radius 2 is 2.23 bits per heavy atom. The van der Waals surface area contributed by atoms with E-state index in [1.807, 2.05) is 0 Å². The maximum absolute atomic E-state index is 10.7. The Balaban J connectivity index is 3.08. The van der Waals surface area contributed by atoms with Crippen LogP contribution in [0.3, 0.4) is 0 Å². The number of nitrogens with two attached hydrogens (primary N) is 2. The van der Waals surface area contributed by atoms with Crippen LogP contribution in [-0.4, -0.2) is 16.1 Å². The molecule has 13 heavy (non-hydrogen) atoms. The number of carboxylic acids is 1. The number of rotatable bonds is 2. The van der Waals surface area contributed by atoms with E-state index < -0.39 is 11.5 Å². The van der Waals surface area contributed by atoms with Gasteiger partial charge in [0.25, 0.3) is 0 Å². The monoisotopic (exact) mass is 181 g/mol. The average molecular weight is 181 g/mol. The van der Waals surface area contributed by atoms with Crippen LogP contribution < -0.4 is 11.5 Å². The lowest BCUT2D eigenvalue weighted by Gasteiger charge is -2.17. The summed E-state index contributed by atoms with van der Waals surface area (Å²) in [4.78, 5) is 14.6. The molecule has 0 aliphatic rings. The molecule has 0 radical (unpaired) electrons.